The summed E-state index contributed by atoms with van der Waals surface area (Å²) < 4.78 is 36.7. The summed E-state index contributed by atoms with van der Waals surface area (Å²) in [5.41, 5.74) is -8.05. The molecule has 2 aliphatic carbocycles. The normalized spacial score (nSPS) is 33.8. The van der Waals surface area contributed by atoms with E-state index in [1.807, 2.05) is 0 Å². The van der Waals surface area contributed by atoms with Crippen LogP contribution in [-0.4, -0.2) is 99.0 Å². The Balaban J connectivity index is 1.84. The third kappa shape index (κ3) is 6.02. The van der Waals surface area contributed by atoms with E-state index in [2.05, 4.69) is 4.98 Å². The van der Waals surface area contributed by atoms with Crippen LogP contribution in [0.2, 0.25) is 0 Å². The lowest BCUT2D eigenvalue weighted by Gasteiger charge is -2.66. The molecule has 1 spiro atoms. The van der Waals surface area contributed by atoms with Crippen molar-refractivity contribution in [3.8, 4) is 0 Å². The Morgan fingerprint density at radius 1 is 0.880 bits per heavy atom. The van der Waals surface area contributed by atoms with Crippen LogP contribution in [0.5, 0.6) is 0 Å². The van der Waals surface area contributed by atoms with Crippen molar-refractivity contribution in [1.82, 2.24) is 4.98 Å². The smallest absolute Gasteiger partial charge is 0.340 e. The number of rotatable bonds is 9. The van der Waals surface area contributed by atoms with Gasteiger partial charge >= 0.3 is 29.8 Å². The number of carbonyl (C=O) groups is 5. The van der Waals surface area contributed by atoms with Crippen molar-refractivity contribution in [3.63, 3.8) is 0 Å². The molecule has 1 aromatic heterocycles. The SMILES string of the molecule is CC(=O)OC[C@]12[C@H](OC(=O)c3ccccc3)[C@@H](OC(=O)c3cccnc3)[C@@H]3[C@@H](O)[C@]1(OC3(C)C)[C@@](C)(O)C[C@H](OC(=O)C(C)C)[C@@H]2OC(C)=O. The number of nitrogens with zero attached hydrogens (tertiary/aromatic N) is 1. The zero-order valence-electron chi connectivity index (χ0n) is 29.0. The molecule has 3 aliphatic rings. The Hall–Kier alpha value is -4.40. The van der Waals surface area contributed by atoms with Gasteiger partial charge in [-0.25, -0.2) is 9.59 Å². The topological polar surface area (TPSA) is 194 Å². The highest BCUT2D eigenvalue weighted by Gasteiger charge is 2.88. The number of ether oxygens (including phenoxy) is 6. The molecule has 2 saturated carbocycles. The summed E-state index contributed by atoms with van der Waals surface area (Å²) in [7, 11) is 0. The molecule has 270 valence electrons. The summed E-state index contributed by atoms with van der Waals surface area (Å²) in [4.78, 5) is 70.6. The second-order valence-corrected chi connectivity index (χ2v) is 14.2. The molecule has 9 atom stereocenters. The van der Waals surface area contributed by atoms with E-state index in [9.17, 15) is 34.2 Å². The van der Waals surface area contributed by atoms with E-state index in [1.165, 1.54) is 43.6 Å². The van der Waals surface area contributed by atoms with Crippen LogP contribution in [0, 0.1) is 17.3 Å². The maximum atomic E-state index is 14.0. The number of pyridine rings is 1. The van der Waals surface area contributed by atoms with Gasteiger partial charge in [0.1, 0.15) is 29.8 Å². The molecule has 5 rings (SSSR count). The van der Waals surface area contributed by atoms with Gasteiger partial charge in [0, 0.05) is 32.7 Å². The van der Waals surface area contributed by atoms with Gasteiger partial charge in [0.15, 0.2) is 12.2 Å². The summed E-state index contributed by atoms with van der Waals surface area (Å²) in [6.45, 7) is 9.07. The van der Waals surface area contributed by atoms with E-state index in [4.69, 9.17) is 28.4 Å². The molecule has 2 heterocycles. The van der Waals surface area contributed by atoms with E-state index >= 15 is 0 Å². The number of hydrogen-bond donors (Lipinski definition) is 2. The number of aliphatic hydroxyl groups excluding tert-OH is 1. The molecule has 0 unspecified atom stereocenters. The summed E-state index contributed by atoms with van der Waals surface area (Å²) in [5, 5.41) is 25.1. The van der Waals surface area contributed by atoms with E-state index < -0.39 is 107 Å². The van der Waals surface area contributed by atoms with E-state index in [0.29, 0.717) is 0 Å². The summed E-state index contributed by atoms with van der Waals surface area (Å²) in [6.07, 6.45) is -5.99. The largest absolute Gasteiger partial charge is 0.465 e. The monoisotopic (exact) mass is 697 g/mol. The second kappa shape index (κ2) is 13.4. The Labute approximate surface area is 289 Å². The lowest BCUT2D eigenvalue weighted by Crippen LogP contribution is -2.85. The van der Waals surface area contributed by atoms with Gasteiger partial charge in [0.05, 0.1) is 40.3 Å². The van der Waals surface area contributed by atoms with E-state index in [-0.39, 0.29) is 11.1 Å². The standard InChI is InChI=1S/C36H43NO13/c1-19(2)30(41)47-24-16-34(7,44)36-27(40)25(33(5,6)50-36)26(48-32(43)23-14-11-15-37-17-23)29(49-31(42)22-12-9-8-10-13-22)35(36,18-45-20(3)38)28(24)46-21(4)39/h8-15,17,19,24-29,40,44H,16,18H2,1-7H3/t24-,25+,26-,27+,28-,29+,34-,35-,36-/m0/s1. The third-order valence-corrected chi connectivity index (χ3v) is 10.0. The fourth-order valence-electron chi connectivity index (χ4n) is 8.08. The molecule has 2 N–H and O–H groups in total. The van der Waals surface area contributed by atoms with Crippen molar-refractivity contribution in [2.24, 2.45) is 17.3 Å². The first-order valence-electron chi connectivity index (χ1n) is 16.4. The molecule has 1 saturated heterocycles. The zero-order valence-corrected chi connectivity index (χ0v) is 29.0. The highest BCUT2D eigenvalue weighted by Crippen LogP contribution is 2.69. The highest BCUT2D eigenvalue weighted by molar-refractivity contribution is 5.90. The predicted octanol–water partition coefficient (Wildman–Crippen LogP) is 2.57. The second-order valence-electron chi connectivity index (χ2n) is 14.2. The van der Waals surface area contributed by atoms with Crippen LogP contribution < -0.4 is 0 Å². The molecule has 2 aromatic rings. The fourth-order valence-corrected chi connectivity index (χ4v) is 8.08. The number of aromatic nitrogens is 1. The molecule has 2 bridgehead atoms. The quantitative estimate of drug-likeness (QED) is 0.287. The summed E-state index contributed by atoms with van der Waals surface area (Å²) in [5.74, 6) is -6.13. The molecule has 0 radical (unpaired) electrons. The van der Waals surface area contributed by atoms with Gasteiger partial charge in [-0.05, 0) is 45.0 Å². The maximum Gasteiger partial charge on any atom is 0.340 e. The first-order chi connectivity index (χ1) is 23.4. The third-order valence-electron chi connectivity index (χ3n) is 10.0. The van der Waals surface area contributed by atoms with Crippen molar-refractivity contribution in [1.29, 1.82) is 0 Å². The number of aliphatic hydroxyl groups is 2. The van der Waals surface area contributed by atoms with Gasteiger partial charge in [-0.2, -0.15) is 0 Å². The van der Waals surface area contributed by atoms with Crippen LogP contribution >= 0.6 is 0 Å². The first kappa shape index (κ1) is 36.9. The Morgan fingerprint density at radius 2 is 1.52 bits per heavy atom. The van der Waals surface area contributed by atoms with Crippen molar-refractivity contribution >= 4 is 29.8 Å². The van der Waals surface area contributed by atoms with Gasteiger partial charge in [-0.1, -0.05) is 32.0 Å². The number of benzene rings is 1. The lowest BCUT2D eigenvalue weighted by atomic mass is 9.45. The average molecular weight is 698 g/mol. The molecule has 14 heteroatoms. The Bertz CT molecular complexity index is 1630. The fraction of sp³-hybridized carbons (Fsp3) is 0.556. The Kier molecular flexibility index (Phi) is 9.87. The van der Waals surface area contributed by atoms with Crippen molar-refractivity contribution in [3.05, 3.63) is 66.0 Å². The van der Waals surface area contributed by atoms with Crippen molar-refractivity contribution in [2.75, 3.05) is 6.61 Å². The van der Waals surface area contributed by atoms with E-state index in [1.54, 1.807) is 45.9 Å². The molecule has 1 aliphatic heterocycles. The van der Waals surface area contributed by atoms with Gasteiger partial charge in [0.2, 0.25) is 0 Å². The molecule has 3 fully saturated rings. The van der Waals surface area contributed by atoms with Crippen LogP contribution in [0.3, 0.4) is 0 Å². The van der Waals surface area contributed by atoms with Crippen LogP contribution in [0.15, 0.2) is 54.9 Å². The number of hydrogen-bond acceptors (Lipinski definition) is 14. The van der Waals surface area contributed by atoms with Crippen LogP contribution in [0.4, 0.5) is 0 Å². The molecule has 0 amide bonds. The van der Waals surface area contributed by atoms with Crippen LogP contribution in [0.25, 0.3) is 0 Å². The van der Waals surface area contributed by atoms with Crippen LogP contribution in [-0.2, 0) is 42.8 Å². The first-order valence-corrected chi connectivity index (χ1v) is 16.4. The summed E-state index contributed by atoms with van der Waals surface area (Å²) >= 11 is 0. The van der Waals surface area contributed by atoms with Gasteiger partial charge < -0.3 is 38.6 Å². The van der Waals surface area contributed by atoms with Gasteiger partial charge in [0.25, 0.3) is 0 Å². The number of carbonyl (C=O) groups excluding carboxylic acids is 5. The molecule has 14 nitrogen and oxygen atoms in total. The maximum absolute atomic E-state index is 14.0. The minimum Gasteiger partial charge on any atom is -0.465 e. The average Bonchev–Trinajstić information content (AvgIpc) is 3.23. The van der Waals surface area contributed by atoms with Crippen LogP contribution in [0.1, 0.15) is 75.6 Å². The zero-order chi connectivity index (χ0) is 36.8. The van der Waals surface area contributed by atoms with Crippen molar-refractivity contribution < 1.29 is 62.6 Å². The summed E-state index contributed by atoms with van der Waals surface area (Å²) in [6, 6.07) is 10.8. The lowest BCUT2D eigenvalue weighted by molar-refractivity contribution is -0.362. The Morgan fingerprint density at radius 3 is 2.10 bits per heavy atom. The highest BCUT2D eigenvalue weighted by atomic mass is 16.6. The molecular formula is C36H43NO13. The number of esters is 5. The van der Waals surface area contributed by atoms with E-state index in [0.717, 1.165) is 13.8 Å². The predicted molar refractivity (Wildman–Crippen MR) is 171 cm³/mol. The minimum atomic E-state index is -2.29. The number of fused-ring (bicyclic) bond motifs is 1. The minimum absolute atomic E-state index is 0.0219. The molecule has 50 heavy (non-hydrogen) atoms. The van der Waals surface area contributed by atoms with Gasteiger partial charge in [-0.3, -0.25) is 19.4 Å². The molecule has 1 aromatic carbocycles. The molecular weight excluding hydrogens is 654 g/mol. The van der Waals surface area contributed by atoms with Gasteiger partial charge in [-0.15, -0.1) is 0 Å². The van der Waals surface area contributed by atoms with Crippen molar-refractivity contribution in [2.45, 2.75) is 102 Å².